The summed E-state index contributed by atoms with van der Waals surface area (Å²) in [6.45, 7) is 5.83. The van der Waals surface area contributed by atoms with Crippen molar-refractivity contribution >= 4 is 28.4 Å². The topological polar surface area (TPSA) is 110 Å². The lowest BCUT2D eigenvalue weighted by Crippen LogP contribution is -2.36. The average Bonchev–Trinajstić information content (AvgIpc) is 3.27. The van der Waals surface area contributed by atoms with Crippen molar-refractivity contribution in [2.45, 2.75) is 26.8 Å². The molecule has 0 aliphatic rings. The lowest BCUT2D eigenvalue weighted by atomic mass is 10.1. The number of amides is 1. The van der Waals surface area contributed by atoms with Gasteiger partial charge in [0, 0.05) is 48.6 Å². The number of aryl methyl sites for hydroxylation is 3. The number of rotatable bonds is 6. The maximum absolute atomic E-state index is 12.4. The van der Waals surface area contributed by atoms with Crippen LogP contribution in [0, 0.1) is 13.8 Å². The second kappa shape index (κ2) is 8.43. The summed E-state index contributed by atoms with van der Waals surface area (Å²) in [4.78, 5) is 21.3. The van der Waals surface area contributed by atoms with Crippen molar-refractivity contribution in [3.8, 4) is 11.4 Å². The number of anilines is 2. The third kappa shape index (κ3) is 3.94. The van der Waals surface area contributed by atoms with E-state index in [1.165, 1.54) is 26.8 Å². The number of nitrogens with zero attached hydrogens (tertiary/aromatic N) is 5. The van der Waals surface area contributed by atoms with Gasteiger partial charge in [0.2, 0.25) is 5.95 Å². The molecule has 0 unspecified atom stereocenters. The van der Waals surface area contributed by atoms with E-state index in [2.05, 4.69) is 63.3 Å². The molecule has 0 spiro atoms. The number of hydrogen-bond donors (Lipinski definition) is 3. The Morgan fingerprint density at radius 3 is 2.69 bits per heavy atom. The zero-order valence-corrected chi connectivity index (χ0v) is 18.8. The number of aliphatic hydroxyl groups excluding tert-OH is 1. The Labute approximate surface area is 186 Å². The molecular weight excluding hydrogens is 406 g/mol. The summed E-state index contributed by atoms with van der Waals surface area (Å²) < 4.78 is 3.68. The van der Waals surface area contributed by atoms with Crippen LogP contribution in [-0.2, 0) is 14.1 Å². The van der Waals surface area contributed by atoms with Crippen LogP contribution in [0.5, 0.6) is 0 Å². The Bertz CT molecular complexity index is 1310. The second-order valence-electron chi connectivity index (χ2n) is 7.99. The lowest BCUT2D eigenvalue weighted by molar-refractivity contribution is 0.0912. The first-order chi connectivity index (χ1) is 15.3. The molecule has 0 bridgehead atoms. The van der Waals surface area contributed by atoms with Crippen LogP contribution in [0.2, 0.25) is 0 Å². The molecule has 0 saturated heterocycles. The quantitative estimate of drug-likeness (QED) is 0.431. The minimum Gasteiger partial charge on any atom is -0.394 e. The number of aromatic nitrogens is 5. The maximum atomic E-state index is 12.4. The summed E-state index contributed by atoms with van der Waals surface area (Å²) >= 11 is 0. The SMILES string of the molecule is Cc1c(C)n(C)c2ccc(Nc3nccc(-c4cc(C(=O)N[C@@H](C)CO)n(C)n4)n3)cc12. The molecule has 1 amide bonds. The Hall–Kier alpha value is -3.72. The third-order valence-corrected chi connectivity index (χ3v) is 5.75. The Morgan fingerprint density at radius 1 is 1.16 bits per heavy atom. The molecule has 9 nitrogen and oxygen atoms in total. The van der Waals surface area contributed by atoms with Crippen LogP contribution in [0.15, 0.2) is 36.5 Å². The number of aliphatic hydroxyl groups is 1. The monoisotopic (exact) mass is 433 g/mol. The van der Waals surface area contributed by atoms with Crippen molar-refractivity contribution in [1.82, 2.24) is 29.6 Å². The van der Waals surface area contributed by atoms with E-state index in [9.17, 15) is 4.79 Å². The summed E-state index contributed by atoms with van der Waals surface area (Å²) in [7, 11) is 3.76. The molecule has 3 N–H and O–H groups in total. The number of carbonyl (C=O) groups is 1. The fourth-order valence-corrected chi connectivity index (χ4v) is 3.67. The first-order valence-corrected chi connectivity index (χ1v) is 10.4. The van der Waals surface area contributed by atoms with E-state index in [-0.39, 0.29) is 18.6 Å². The molecular formula is C23H27N7O2. The van der Waals surface area contributed by atoms with Gasteiger partial charge >= 0.3 is 0 Å². The minimum atomic E-state index is -0.343. The zero-order valence-electron chi connectivity index (χ0n) is 18.8. The van der Waals surface area contributed by atoms with E-state index in [1.54, 1.807) is 32.3 Å². The number of carbonyl (C=O) groups excluding carboxylic acids is 1. The number of benzene rings is 1. The largest absolute Gasteiger partial charge is 0.394 e. The molecule has 0 radical (unpaired) electrons. The molecule has 3 heterocycles. The van der Waals surface area contributed by atoms with Gasteiger partial charge in [0.1, 0.15) is 11.4 Å². The number of fused-ring (bicyclic) bond motifs is 1. The van der Waals surface area contributed by atoms with E-state index in [1.807, 2.05) is 6.07 Å². The Morgan fingerprint density at radius 2 is 1.94 bits per heavy atom. The predicted octanol–water partition coefficient (Wildman–Crippen LogP) is 2.84. The molecule has 1 atom stereocenters. The van der Waals surface area contributed by atoms with Crippen molar-refractivity contribution in [3.63, 3.8) is 0 Å². The average molecular weight is 434 g/mol. The van der Waals surface area contributed by atoms with Crippen LogP contribution < -0.4 is 10.6 Å². The highest BCUT2D eigenvalue weighted by Crippen LogP contribution is 2.28. The number of hydrogen-bond acceptors (Lipinski definition) is 6. The highest BCUT2D eigenvalue weighted by atomic mass is 16.3. The predicted molar refractivity (Wildman–Crippen MR) is 124 cm³/mol. The van der Waals surface area contributed by atoms with Crippen molar-refractivity contribution in [2.75, 3.05) is 11.9 Å². The van der Waals surface area contributed by atoms with Crippen LogP contribution in [0.3, 0.4) is 0 Å². The molecule has 166 valence electrons. The smallest absolute Gasteiger partial charge is 0.269 e. The van der Waals surface area contributed by atoms with E-state index >= 15 is 0 Å². The van der Waals surface area contributed by atoms with Crippen LogP contribution in [0.4, 0.5) is 11.6 Å². The fourth-order valence-electron chi connectivity index (χ4n) is 3.67. The molecule has 9 heteroatoms. The highest BCUT2D eigenvalue weighted by Gasteiger charge is 2.17. The molecule has 0 fully saturated rings. The van der Waals surface area contributed by atoms with Gasteiger partial charge < -0.3 is 20.3 Å². The minimum absolute atomic E-state index is 0.134. The van der Waals surface area contributed by atoms with Crippen molar-refractivity contribution in [2.24, 2.45) is 14.1 Å². The summed E-state index contributed by atoms with van der Waals surface area (Å²) in [5.74, 6) is 0.139. The van der Waals surface area contributed by atoms with Crippen molar-refractivity contribution in [3.05, 3.63) is 53.5 Å². The molecule has 32 heavy (non-hydrogen) atoms. The van der Waals surface area contributed by atoms with Gasteiger partial charge in [-0.2, -0.15) is 5.10 Å². The van der Waals surface area contributed by atoms with E-state index in [0.717, 1.165) is 5.69 Å². The van der Waals surface area contributed by atoms with Gasteiger partial charge in [0.15, 0.2) is 0 Å². The van der Waals surface area contributed by atoms with Crippen LogP contribution in [0.1, 0.15) is 28.7 Å². The van der Waals surface area contributed by atoms with Gasteiger partial charge in [-0.25, -0.2) is 9.97 Å². The molecule has 4 rings (SSSR count). The third-order valence-electron chi connectivity index (χ3n) is 5.75. The first kappa shape index (κ1) is 21.5. The van der Waals surface area contributed by atoms with Crippen LogP contribution in [-0.4, -0.2) is 48.0 Å². The van der Waals surface area contributed by atoms with E-state index in [0.29, 0.717) is 23.0 Å². The lowest BCUT2D eigenvalue weighted by Gasteiger charge is -2.10. The Balaban J connectivity index is 1.60. The highest BCUT2D eigenvalue weighted by molar-refractivity contribution is 5.93. The standard InChI is InChI=1S/C23H27N7O2/c1-13(12-31)25-22(32)21-11-19(28-30(21)5)18-8-9-24-23(27-18)26-16-6-7-20-17(10-16)14(2)15(3)29(20)4/h6-11,13,31H,12H2,1-5H3,(H,25,32)(H,24,26,27)/t13-/m0/s1. The van der Waals surface area contributed by atoms with Crippen molar-refractivity contribution in [1.29, 1.82) is 0 Å². The molecule has 0 saturated carbocycles. The molecule has 4 aromatic rings. The van der Waals surface area contributed by atoms with Gasteiger partial charge in [-0.15, -0.1) is 0 Å². The normalized spacial score (nSPS) is 12.2. The summed E-state index contributed by atoms with van der Waals surface area (Å²) in [5, 5.41) is 20.8. The molecule has 3 aromatic heterocycles. The van der Waals surface area contributed by atoms with E-state index in [4.69, 9.17) is 5.11 Å². The van der Waals surface area contributed by atoms with Gasteiger partial charge in [-0.3, -0.25) is 9.48 Å². The first-order valence-electron chi connectivity index (χ1n) is 10.4. The molecule has 1 aromatic carbocycles. The van der Waals surface area contributed by atoms with Crippen LogP contribution in [0.25, 0.3) is 22.3 Å². The Kier molecular flexibility index (Phi) is 5.67. The molecule has 0 aliphatic carbocycles. The zero-order chi connectivity index (χ0) is 23.0. The number of nitrogens with one attached hydrogen (secondary N) is 2. The summed E-state index contributed by atoms with van der Waals surface area (Å²) in [6.07, 6.45) is 1.66. The van der Waals surface area contributed by atoms with Gasteiger partial charge in [-0.1, -0.05) is 0 Å². The van der Waals surface area contributed by atoms with Crippen molar-refractivity contribution < 1.29 is 9.90 Å². The van der Waals surface area contributed by atoms with Gasteiger partial charge in [-0.05, 0) is 56.7 Å². The van der Waals surface area contributed by atoms with Gasteiger partial charge in [0.05, 0.1) is 12.3 Å². The summed E-state index contributed by atoms with van der Waals surface area (Å²) in [6, 6.07) is 9.26. The van der Waals surface area contributed by atoms with Crippen LogP contribution >= 0.6 is 0 Å². The van der Waals surface area contributed by atoms with E-state index < -0.39 is 0 Å². The molecule has 0 aliphatic heterocycles. The fraction of sp³-hybridized carbons (Fsp3) is 0.304. The second-order valence-corrected chi connectivity index (χ2v) is 7.99. The van der Waals surface area contributed by atoms with Gasteiger partial charge in [0.25, 0.3) is 5.91 Å². The summed E-state index contributed by atoms with van der Waals surface area (Å²) in [5.41, 5.74) is 6.09. The maximum Gasteiger partial charge on any atom is 0.269 e.